The molecule has 0 aromatic heterocycles. The van der Waals surface area contributed by atoms with Crippen molar-refractivity contribution in [3.63, 3.8) is 0 Å². The standard InChI is InChI=1S/C18H20ClNO3/c1-11-6-5-7-14(12(11)2)20-18(21)17(19)13-8-9-15(22-3)16(10-13)23-4/h5-10,17H,1-4H3,(H,20,21). The fourth-order valence-electron chi connectivity index (χ4n) is 2.24. The zero-order chi connectivity index (χ0) is 17.0. The van der Waals surface area contributed by atoms with Crippen molar-refractivity contribution < 1.29 is 14.3 Å². The van der Waals surface area contributed by atoms with Gasteiger partial charge in [-0.25, -0.2) is 0 Å². The first-order valence-corrected chi connectivity index (χ1v) is 7.64. The molecule has 0 fully saturated rings. The summed E-state index contributed by atoms with van der Waals surface area (Å²) in [5, 5.41) is 2.05. The monoisotopic (exact) mass is 333 g/mol. The number of benzene rings is 2. The third-order valence-electron chi connectivity index (χ3n) is 3.79. The molecule has 23 heavy (non-hydrogen) atoms. The third-order valence-corrected chi connectivity index (χ3v) is 4.24. The second-order valence-corrected chi connectivity index (χ2v) is 5.65. The summed E-state index contributed by atoms with van der Waals surface area (Å²) in [4.78, 5) is 12.4. The highest BCUT2D eigenvalue weighted by molar-refractivity contribution is 6.32. The maximum absolute atomic E-state index is 12.4. The van der Waals surface area contributed by atoms with Gasteiger partial charge in [-0.2, -0.15) is 0 Å². The van der Waals surface area contributed by atoms with Crippen molar-refractivity contribution in [3.8, 4) is 11.5 Å². The van der Waals surface area contributed by atoms with Crippen LogP contribution < -0.4 is 14.8 Å². The molecular weight excluding hydrogens is 314 g/mol. The lowest BCUT2D eigenvalue weighted by Crippen LogP contribution is -2.18. The Balaban J connectivity index is 2.21. The summed E-state index contributed by atoms with van der Waals surface area (Å²) in [6.07, 6.45) is 0. The number of alkyl halides is 1. The van der Waals surface area contributed by atoms with Crippen LogP contribution in [0.1, 0.15) is 22.1 Å². The Labute approximate surface area is 141 Å². The molecule has 122 valence electrons. The Morgan fingerprint density at radius 3 is 2.43 bits per heavy atom. The lowest BCUT2D eigenvalue weighted by atomic mass is 10.1. The van der Waals surface area contributed by atoms with E-state index in [4.69, 9.17) is 21.1 Å². The first kappa shape index (κ1) is 17.2. The Bertz CT molecular complexity index is 715. The number of anilines is 1. The van der Waals surface area contributed by atoms with E-state index < -0.39 is 5.38 Å². The van der Waals surface area contributed by atoms with E-state index >= 15 is 0 Å². The first-order valence-electron chi connectivity index (χ1n) is 7.21. The van der Waals surface area contributed by atoms with Crippen molar-refractivity contribution in [1.82, 2.24) is 0 Å². The Hall–Kier alpha value is -2.20. The molecule has 0 heterocycles. The molecule has 4 nitrogen and oxygen atoms in total. The largest absolute Gasteiger partial charge is 0.493 e. The average Bonchev–Trinajstić information content (AvgIpc) is 2.57. The molecule has 0 spiro atoms. The normalized spacial score (nSPS) is 11.7. The summed E-state index contributed by atoms with van der Waals surface area (Å²) in [5.41, 5.74) is 3.55. The van der Waals surface area contributed by atoms with Gasteiger partial charge in [-0.1, -0.05) is 18.2 Å². The molecule has 1 unspecified atom stereocenters. The van der Waals surface area contributed by atoms with Crippen molar-refractivity contribution in [2.24, 2.45) is 0 Å². The average molecular weight is 334 g/mol. The maximum atomic E-state index is 12.4. The summed E-state index contributed by atoms with van der Waals surface area (Å²) in [6, 6.07) is 10.9. The van der Waals surface area contributed by atoms with Crippen LogP contribution in [-0.4, -0.2) is 20.1 Å². The van der Waals surface area contributed by atoms with Crippen LogP contribution in [0.3, 0.4) is 0 Å². The summed E-state index contributed by atoms with van der Waals surface area (Å²) in [7, 11) is 3.10. The Morgan fingerprint density at radius 2 is 1.78 bits per heavy atom. The van der Waals surface area contributed by atoms with Gasteiger partial charge in [0, 0.05) is 5.69 Å². The number of nitrogens with one attached hydrogen (secondary N) is 1. The molecular formula is C18H20ClNO3. The zero-order valence-electron chi connectivity index (χ0n) is 13.6. The van der Waals surface area contributed by atoms with Crippen LogP contribution in [0.2, 0.25) is 0 Å². The number of rotatable bonds is 5. The highest BCUT2D eigenvalue weighted by Crippen LogP contribution is 2.33. The van der Waals surface area contributed by atoms with Gasteiger partial charge >= 0.3 is 0 Å². The molecule has 2 rings (SSSR count). The molecule has 2 aromatic rings. The van der Waals surface area contributed by atoms with Crippen molar-refractivity contribution in [2.75, 3.05) is 19.5 Å². The van der Waals surface area contributed by atoms with Crippen molar-refractivity contribution in [3.05, 3.63) is 53.1 Å². The SMILES string of the molecule is COc1ccc(C(Cl)C(=O)Nc2cccc(C)c2C)cc1OC. The van der Waals surface area contributed by atoms with Crippen LogP contribution in [0.4, 0.5) is 5.69 Å². The van der Waals surface area contributed by atoms with Crippen molar-refractivity contribution in [2.45, 2.75) is 19.2 Å². The predicted molar refractivity (Wildman–Crippen MR) is 92.7 cm³/mol. The van der Waals surface area contributed by atoms with Crippen LogP contribution >= 0.6 is 11.6 Å². The van der Waals surface area contributed by atoms with Crippen LogP contribution in [0, 0.1) is 13.8 Å². The van der Waals surface area contributed by atoms with E-state index in [1.54, 1.807) is 32.4 Å². The number of carbonyl (C=O) groups is 1. The number of aryl methyl sites for hydroxylation is 1. The van der Waals surface area contributed by atoms with E-state index in [1.165, 1.54) is 0 Å². The lowest BCUT2D eigenvalue weighted by molar-refractivity contribution is -0.116. The number of carbonyl (C=O) groups excluding carboxylic acids is 1. The molecule has 2 aromatic carbocycles. The number of halogens is 1. The summed E-state index contributed by atoms with van der Waals surface area (Å²) in [6.45, 7) is 3.96. The smallest absolute Gasteiger partial charge is 0.246 e. The van der Waals surface area contributed by atoms with Gasteiger partial charge in [0.25, 0.3) is 0 Å². The molecule has 0 aliphatic heterocycles. The molecule has 0 bridgehead atoms. The van der Waals surface area contributed by atoms with Gasteiger partial charge in [-0.15, -0.1) is 11.6 Å². The predicted octanol–water partition coefficient (Wildman–Crippen LogP) is 4.24. The Morgan fingerprint density at radius 1 is 1.09 bits per heavy atom. The van der Waals surface area contributed by atoms with Crippen molar-refractivity contribution in [1.29, 1.82) is 0 Å². The minimum atomic E-state index is -0.824. The fourth-order valence-corrected chi connectivity index (χ4v) is 2.43. The second-order valence-electron chi connectivity index (χ2n) is 5.21. The Kier molecular flexibility index (Phi) is 5.50. The summed E-state index contributed by atoms with van der Waals surface area (Å²) < 4.78 is 10.4. The molecule has 0 aliphatic carbocycles. The molecule has 0 saturated carbocycles. The zero-order valence-corrected chi connectivity index (χ0v) is 14.4. The van der Waals surface area contributed by atoms with Gasteiger partial charge in [-0.3, -0.25) is 4.79 Å². The second kappa shape index (κ2) is 7.38. The third kappa shape index (κ3) is 3.77. The molecule has 0 aliphatic rings. The summed E-state index contributed by atoms with van der Waals surface area (Å²) in [5.74, 6) is 0.845. The molecule has 5 heteroatoms. The van der Waals surface area contributed by atoms with Crippen molar-refractivity contribution >= 4 is 23.2 Å². The lowest BCUT2D eigenvalue weighted by Gasteiger charge is -2.15. The number of methoxy groups -OCH3 is 2. The van der Waals surface area contributed by atoms with E-state index in [0.29, 0.717) is 17.1 Å². The maximum Gasteiger partial charge on any atom is 0.246 e. The molecule has 0 saturated heterocycles. The van der Waals surface area contributed by atoms with Crippen LogP contribution in [0.15, 0.2) is 36.4 Å². The van der Waals surface area contributed by atoms with Gasteiger partial charge < -0.3 is 14.8 Å². The number of hydrogen-bond acceptors (Lipinski definition) is 3. The number of hydrogen-bond donors (Lipinski definition) is 1. The van der Waals surface area contributed by atoms with Gasteiger partial charge in [0.05, 0.1) is 14.2 Å². The van der Waals surface area contributed by atoms with Gasteiger partial charge in [0.1, 0.15) is 5.38 Å². The minimum absolute atomic E-state index is 0.285. The number of amides is 1. The molecule has 1 atom stereocenters. The van der Waals surface area contributed by atoms with Gasteiger partial charge in [-0.05, 0) is 48.7 Å². The van der Waals surface area contributed by atoms with E-state index in [0.717, 1.165) is 16.8 Å². The van der Waals surface area contributed by atoms with E-state index in [2.05, 4.69) is 5.32 Å². The van der Waals surface area contributed by atoms with Crippen LogP contribution in [0.25, 0.3) is 0 Å². The molecule has 1 N–H and O–H groups in total. The highest BCUT2D eigenvalue weighted by atomic mass is 35.5. The van der Waals surface area contributed by atoms with E-state index in [1.807, 2.05) is 32.0 Å². The van der Waals surface area contributed by atoms with Crippen LogP contribution in [0.5, 0.6) is 11.5 Å². The molecule has 0 radical (unpaired) electrons. The summed E-state index contributed by atoms with van der Waals surface area (Å²) >= 11 is 6.31. The fraction of sp³-hybridized carbons (Fsp3) is 0.278. The van der Waals surface area contributed by atoms with E-state index in [9.17, 15) is 4.79 Å². The van der Waals surface area contributed by atoms with Crippen LogP contribution in [-0.2, 0) is 4.79 Å². The van der Waals surface area contributed by atoms with E-state index in [-0.39, 0.29) is 5.91 Å². The molecule has 1 amide bonds. The topological polar surface area (TPSA) is 47.6 Å². The number of ether oxygens (including phenoxy) is 2. The van der Waals surface area contributed by atoms with Gasteiger partial charge in [0.2, 0.25) is 5.91 Å². The highest BCUT2D eigenvalue weighted by Gasteiger charge is 2.20. The quantitative estimate of drug-likeness (QED) is 0.832. The first-order chi connectivity index (χ1) is 11.0. The minimum Gasteiger partial charge on any atom is -0.493 e. The van der Waals surface area contributed by atoms with Gasteiger partial charge in [0.15, 0.2) is 11.5 Å².